The second-order valence-electron chi connectivity index (χ2n) is 7.31. The highest BCUT2D eigenvalue weighted by molar-refractivity contribution is 5.76. The molecule has 2 aromatic carbocycles. The summed E-state index contributed by atoms with van der Waals surface area (Å²) in [5.41, 5.74) is 3.61. The van der Waals surface area contributed by atoms with Crippen LogP contribution in [0.2, 0.25) is 0 Å². The first-order valence-corrected chi connectivity index (χ1v) is 10.3. The van der Waals surface area contributed by atoms with Gasteiger partial charge in [-0.05, 0) is 29.7 Å². The molecule has 0 bridgehead atoms. The van der Waals surface area contributed by atoms with Gasteiger partial charge in [-0.3, -0.25) is 4.79 Å². The van der Waals surface area contributed by atoms with Gasteiger partial charge in [-0.2, -0.15) is 0 Å². The number of benzene rings is 2. The molecule has 0 saturated carbocycles. The van der Waals surface area contributed by atoms with Crippen LogP contribution in [0, 0.1) is 0 Å². The lowest BCUT2D eigenvalue weighted by molar-refractivity contribution is -0.132. The maximum Gasteiger partial charge on any atom is 0.223 e. The number of hydrogen-bond acceptors (Lipinski definition) is 1. The lowest BCUT2D eigenvalue weighted by atomic mass is 10.1. The number of amides is 1. The third-order valence-electron chi connectivity index (χ3n) is 5.04. The molecule has 3 heteroatoms. The summed E-state index contributed by atoms with van der Waals surface area (Å²) < 4.78 is 2.24. The largest absolute Gasteiger partial charge is 0.345 e. The van der Waals surface area contributed by atoms with Crippen molar-refractivity contribution in [1.82, 2.24) is 9.47 Å². The number of hydrogen-bond donors (Lipinski definition) is 0. The Morgan fingerprint density at radius 3 is 2.18 bits per heavy atom. The summed E-state index contributed by atoms with van der Waals surface area (Å²) in [5, 5.41) is 0. The van der Waals surface area contributed by atoms with E-state index in [-0.39, 0.29) is 5.91 Å². The molecule has 146 valence electrons. The van der Waals surface area contributed by atoms with Crippen molar-refractivity contribution in [3.8, 4) is 0 Å². The minimum Gasteiger partial charge on any atom is -0.345 e. The molecule has 3 aromatic rings. The predicted octanol–water partition coefficient (Wildman–Crippen LogP) is 5.65. The Morgan fingerprint density at radius 1 is 0.821 bits per heavy atom. The maximum atomic E-state index is 12.9. The zero-order chi connectivity index (χ0) is 19.6. The van der Waals surface area contributed by atoms with Gasteiger partial charge in [0, 0.05) is 31.4 Å². The number of rotatable bonds is 10. The molecule has 1 aromatic heterocycles. The number of unbranched alkanes of at least 4 members (excludes halogenated alkanes) is 2. The number of nitrogens with zero attached hydrogens (tertiary/aromatic N) is 2. The zero-order valence-corrected chi connectivity index (χ0v) is 16.8. The third kappa shape index (κ3) is 5.85. The van der Waals surface area contributed by atoms with Crippen molar-refractivity contribution in [1.29, 1.82) is 0 Å². The molecule has 0 spiro atoms. The van der Waals surface area contributed by atoms with E-state index < -0.39 is 0 Å². The standard InChI is InChI=1S/C25H30N2O/c1-2-3-6-17-25(28)27(20-23-14-9-5-10-15-23)21-24-16-11-18-26(24)19-22-12-7-4-8-13-22/h4-5,7-16,18H,2-3,6,17,19-21H2,1H3. The second kappa shape index (κ2) is 10.5. The summed E-state index contributed by atoms with van der Waals surface area (Å²) in [6, 6.07) is 24.9. The van der Waals surface area contributed by atoms with Crippen molar-refractivity contribution in [2.75, 3.05) is 0 Å². The van der Waals surface area contributed by atoms with Crippen LogP contribution in [0.25, 0.3) is 0 Å². The lowest BCUT2D eigenvalue weighted by Crippen LogP contribution is -2.30. The van der Waals surface area contributed by atoms with Crippen molar-refractivity contribution in [2.24, 2.45) is 0 Å². The summed E-state index contributed by atoms with van der Waals surface area (Å²) in [6.45, 7) is 4.29. The van der Waals surface area contributed by atoms with Gasteiger partial charge >= 0.3 is 0 Å². The maximum absolute atomic E-state index is 12.9. The smallest absolute Gasteiger partial charge is 0.223 e. The van der Waals surface area contributed by atoms with Crippen LogP contribution < -0.4 is 0 Å². The summed E-state index contributed by atoms with van der Waals surface area (Å²) in [4.78, 5) is 14.9. The van der Waals surface area contributed by atoms with E-state index in [0.717, 1.165) is 25.8 Å². The fourth-order valence-electron chi connectivity index (χ4n) is 3.44. The van der Waals surface area contributed by atoms with Gasteiger partial charge in [0.15, 0.2) is 0 Å². The molecule has 0 aliphatic heterocycles. The normalized spacial score (nSPS) is 10.8. The van der Waals surface area contributed by atoms with Crippen molar-refractivity contribution in [3.63, 3.8) is 0 Å². The molecule has 1 amide bonds. The Bertz CT molecular complexity index is 839. The van der Waals surface area contributed by atoms with Crippen LogP contribution in [0.4, 0.5) is 0 Å². The summed E-state index contributed by atoms with van der Waals surface area (Å²) in [6.07, 6.45) is 5.93. The van der Waals surface area contributed by atoms with Crippen molar-refractivity contribution in [3.05, 3.63) is 95.8 Å². The first-order chi connectivity index (χ1) is 13.8. The van der Waals surface area contributed by atoms with Gasteiger partial charge in [0.25, 0.3) is 0 Å². The van der Waals surface area contributed by atoms with E-state index in [0.29, 0.717) is 19.5 Å². The molecule has 3 nitrogen and oxygen atoms in total. The highest BCUT2D eigenvalue weighted by Crippen LogP contribution is 2.15. The molecule has 3 rings (SSSR count). The average Bonchev–Trinajstić information content (AvgIpc) is 3.16. The topological polar surface area (TPSA) is 25.2 Å². The summed E-state index contributed by atoms with van der Waals surface area (Å²) >= 11 is 0. The Hall–Kier alpha value is -2.81. The predicted molar refractivity (Wildman–Crippen MR) is 115 cm³/mol. The Labute approximate surface area is 168 Å². The fourth-order valence-corrected chi connectivity index (χ4v) is 3.44. The third-order valence-corrected chi connectivity index (χ3v) is 5.04. The molecule has 0 aliphatic carbocycles. The molecule has 1 heterocycles. The monoisotopic (exact) mass is 374 g/mol. The molecule has 0 radical (unpaired) electrons. The van der Waals surface area contributed by atoms with Gasteiger partial charge in [-0.15, -0.1) is 0 Å². The van der Waals surface area contributed by atoms with Gasteiger partial charge in [0.1, 0.15) is 0 Å². The van der Waals surface area contributed by atoms with Gasteiger partial charge in [-0.1, -0.05) is 80.4 Å². The van der Waals surface area contributed by atoms with E-state index in [1.165, 1.54) is 16.8 Å². The van der Waals surface area contributed by atoms with E-state index >= 15 is 0 Å². The first kappa shape index (κ1) is 19.9. The van der Waals surface area contributed by atoms with E-state index in [1.807, 2.05) is 29.2 Å². The summed E-state index contributed by atoms with van der Waals surface area (Å²) in [5.74, 6) is 0.241. The van der Waals surface area contributed by atoms with Gasteiger partial charge < -0.3 is 9.47 Å². The van der Waals surface area contributed by atoms with E-state index in [1.54, 1.807) is 0 Å². The van der Waals surface area contributed by atoms with E-state index in [9.17, 15) is 4.79 Å². The van der Waals surface area contributed by atoms with Crippen LogP contribution in [0.1, 0.15) is 49.4 Å². The molecular formula is C25H30N2O. The molecule has 0 N–H and O–H groups in total. The second-order valence-corrected chi connectivity index (χ2v) is 7.31. The van der Waals surface area contributed by atoms with E-state index in [4.69, 9.17) is 0 Å². The van der Waals surface area contributed by atoms with Crippen molar-refractivity contribution < 1.29 is 4.79 Å². The molecular weight excluding hydrogens is 344 g/mol. The zero-order valence-electron chi connectivity index (χ0n) is 16.8. The van der Waals surface area contributed by atoms with Crippen LogP contribution in [-0.2, 0) is 24.4 Å². The van der Waals surface area contributed by atoms with Crippen LogP contribution in [0.15, 0.2) is 79.0 Å². The number of aromatic nitrogens is 1. The van der Waals surface area contributed by atoms with Crippen LogP contribution in [-0.4, -0.2) is 15.4 Å². The Kier molecular flexibility index (Phi) is 7.48. The van der Waals surface area contributed by atoms with Crippen LogP contribution >= 0.6 is 0 Å². The molecule has 0 fully saturated rings. The van der Waals surface area contributed by atoms with Gasteiger partial charge in [0.2, 0.25) is 5.91 Å². The van der Waals surface area contributed by atoms with Crippen molar-refractivity contribution in [2.45, 2.75) is 52.2 Å². The fraction of sp³-hybridized carbons (Fsp3) is 0.320. The first-order valence-electron chi connectivity index (χ1n) is 10.3. The Morgan fingerprint density at radius 2 is 1.50 bits per heavy atom. The quantitative estimate of drug-likeness (QED) is 0.421. The molecule has 0 saturated heterocycles. The SMILES string of the molecule is CCCCCC(=O)N(Cc1ccccc1)Cc1cccn1Cc1ccccc1. The molecule has 0 aliphatic rings. The average molecular weight is 375 g/mol. The Balaban J connectivity index is 1.73. The van der Waals surface area contributed by atoms with Crippen molar-refractivity contribution >= 4 is 5.91 Å². The van der Waals surface area contributed by atoms with E-state index in [2.05, 4.69) is 66.2 Å². The molecule has 0 unspecified atom stereocenters. The number of carbonyl (C=O) groups is 1. The molecule has 0 atom stereocenters. The lowest BCUT2D eigenvalue weighted by Gasteiger charge is -2.24. The summed E-state index contributed by atoms with van der Waals surface area (Å²) in [7, 11) is 0. The minimum atomic E-state index is 0.241. The highest BCUT2D eigenvalue weighted by Gasteiger charge is 2.16. The van der Waals surface area contributed by atoms with Crippen LogP contribution in [0.3, 0.4) is 0 Å². The number of carbonyl (C=O) groups excluding carboxylic acids is 1. The molecule has 28 heavy (non-hydrogen) atoms. The highest BCUT2D eigenvalue weighted by atomic mass is 16.2. The minimum absolute atomic E-state index is 0.241. The van der Waals surface area contributed by atoms with Gasteiger partial charge in [0.05, 0.1) is 6.54 Å². The van der Waals surface area contributed by atoms with Crippen LogP contribution in [0.5, 0.6) is 0 Å². The van der Waals surface area contributed by atoms with Gasteiger partial charge in [-0.25, -0.2) is 0 Å².